The largest absolute Gasteiger partial charge is 0.335 e. The Labute approximate surface area is 104 Å². The Morgan fingerprint density at radius 2 is 1.88 bits per heavy atom. The van der Waals surface area contributed by atoms with Crippen LogP contribution in [0.15, 0.2) is 0 Å². The number of nitrogens with zero attached hydrogens (tertiary/aromatic N) is 2. The summed E-state index contributed by atoms with van der Waals surface area (Å²) in [5, 5.41) is 3.18. The normalized spacial score (nSPS) is 26.5. The molecule has 1 unspecified atom stereocenters. The third-order valence-electron chi connectivity index (χ3n) is 4.10. The summed E-state index contributed by atoms with van der Waals surface area (Å²) in [4.78, 5) is 16.3. The van der Waals surface area contributed by atoms with E-state index in [1.54, 1.807) is 0 Å². The highest BCUT2D eigenvalue weighted by molar-refractivity contribution is 5.74. The standard InChI is InChI=1S/C13H25N3O/c1-15(2)12-8-5-9-16(10-12)13(17)14-11-6-3-4-7-11/h11-12H,3-10H2,1-2H3,(H,14,17). The Balaban J connectivity index is 1.81. The first kappa shape index (κ1) is 12.7. The molecule has 0 aromatic carbocycles. The van der Waals surface area contributed by atoms with Crippen molar-refractivity contribution >= 4 is 6.03 Å². The number of carbonyl (C=O) groups is 1. The second-order valence-corrected chi connectivity index (χ2v) is 5.64. The van der Waals surface area contributed by atoms with E-state index >= 15 is 0 Å². The molecular formula is C13H25N3O. The summed E-state index contributed by atoms with van der Waals surface area (Å²) in [6.45, 7) is 1.80. The van der Waals surface area contributed by atoms with Crippen LogP contribution in [-0.4, -0.2) is 55.1 Å². The average Bonchev–Trinajstić information content (AvgIpc) is 2.82. The van der Waals surface area contributed by atoms with Gasteiger partial charge < -0.3 is 15.1 Å². The predicted molar refractivity (Wildman–Crippen MR) is 69.1 cm³/mol. The van der Waals surface area contributed by atoms with Gasteiger partial charge in [0.25, 0.3) is 0 Å². The van der Waals surface area contributed by atoms with Gasteiger partial charge in [-0.15, -0.1) is 0 Å². The Kier molecular flexibility index (Phi) is 4.26. The first-order valence-electron chi connectivity index (χ1n) is 6.88. The molecule has 1 aliphatic heterocycles. The van der Waals surface area contributed by atoms with Gasteiger partial charge in [-0.2, -0.15) is 0 Å². The first-order chi connectivity index (χ1) is 8.16. The van der Waals surface area contributed by atoms with Crippen LogP contribution in [0.1, 0.15) is 38.5 Å². The van der Waals surface area contributed by atoms with Crippen LogP contribution in [0.3, 0.4) is 0 Å². The topological polar surface area (TPSA) is 35.6 Å². The molecule has 0 radical (unpaired) electrons. The molecule has 1 heterocycles. The van der Waals surface area contributed by atoms with Crippen molar-refractivity contribution < 1.29 is 4.79 Å². The molecule has 17 heavy (non-hydrogen) atoms. The summed E-state index contributed by atoms with van der Waals surface area (Å²) in [6, 6.07) is 1.11. The molecule has 4 heteroatoms. The van der Waals surface area contributed by atoms with Crippen molar-refractivity contribution in [1.29, 1.82) is 0 Å². The number of hydrogen-bond donors (Lipinski definition) is 1. The summed E-state index contributed by atoms with van der Waals surface area (Å²) in [5.41, 5.74) is 0. The van der Waals surface area contributed by atoms with Crippen LogP contribution in [-0.2, 0) is 0 Å². The van der Waals surface area contributed by atoms with Crippen molar-refractivity contribution in [3.63, 3.8) is 0 Å². The van der Waals surface area contributed by atoms with Gasteiger partial charge in [0.1, 0.15) is 0 Å². The maximum Gasteiger partial charge on any atom is 0.317 e. The minimum atomic E-state index is 0.156. The minimum absolute atomic E-state index is 0.156. The number of amides is 2. The number of nitrogens with one attached hydrogen (secondary N) is 1. The lowest BCUT2D eigenvalue weighted by Gasteiger charge is -2.36. The van der Waals surface area contributed by atoms with Crippen LogP contribution in [0.5, 0.6) is 0 Å². The van der Waals surface area contributed by atoms with E-state index in [1.807, 2.05) is 4.90 Å². The zero-order chi connectivity index (χ0) is 12.3. The molecular weight excluding hydrogens is 214 g/mol. The van der Waals surface area contributed by atoms with Crippen molar-refractivity contribution in [2.75, 3.05) is 27.2 Å². The number of likely N-dealkylation sites (N-methyl/N-ethyl adjacent to an activating group) is 1. The van der Waals surface area contributed by atoms with E-state index in [9.17, 15) is 4.79 Å². The summed E-state index contributed by atoms with van der Waals surface area (Å²) in [6.07, 6.45) is 7.20. The fourth-order valence-electron chi connectivity index (χ4n) is 2.90. The number of rotatable bonds is 2. The molecule has 1 N–H and O–H groups in total. The number of urea groups is 1. The van der Waals surface area contributed by atoms with Gasteiger partial charge >= 0.3 is 6.03 Å². The van der Waals surface area contributed by atoms with Crippen molar-refractivity contribution in [3.8, 4) is 0 Å². The number of piperidine rings is 1. The van der Waals surface area contributed by atoms with Crippen LogP contribution >= 0.6 is 0 Å². The van der Waals surface area contributed by atoms with E-state index in [0.29, 0.717) is 12.1 Å². The van der Waals surface area contributed by atoms with Gasteiger partial charge in [-0.3, -0.25) is 0 Å². The van der Waals surface area contributed by atoms with E-state index in [1.165, 1.54) is 19.3 Å². The van der Waals surface area contributed by atoms with E-state index in [4.69, 9.17) is 0 Å². The van der Waals surface area contributed by atoms with E-state index in [2.05, 4.69) is 24.3 Å². The third kappa shape index (κ3) is 3.35. The van der Waals surface area contributed by atoms with Gasteiger partial charge in [-0.05, 0) is 39.8 Å². The van der Waals surface area contributed by atoms with Crippen LogP contribution < -0.4 is 5.32 Å². The molecule has 2 fully saturated rings. The van der Waals surface area contributed by atoms with Crippen molar-refractivity contribution in [3.05, 3.63) is 0 Å². The molecule has 0 spiro atoms. The molecule has 2 amide bonds. The summed E-state index contributed by atoms with van der Waals surface area (Å²) >= 11 is 0. The van der Waals surface area contributed by atoms with Crippen LogP contribution in [0.4, 0.5) is 4.79 Å². The van der Waals surface area contributed by atoms with E-state index in [0.717, 1.165) is 32.4 Å². The Morgan fingerprint density at radius 1 is 1.18 bits per heavy atom. The van der Waals surface area contributed by atoms with Crippen LogP contribution in [0.2, 0.25) is 0 Å². The lowest BCUT2D eigenvalue weighted by atomic mass is 10.1. The Bertz CT molecular complexity index is 261. The average molecular weight is 239 g/mol. The fourth-order valence-corrected chi connectivity index (χ4v) is 2.90. The van der Waals surface area contributed by atoms with Crippen LogP contribution in [0, 0.1) is 0 Å². The Morgan fingerprint density at radius 3 is 2.53 bits per heavy atom. The third-order valence-corrected chi connectivity index (χ3v) is 4.10. The molecule has 0 aromatic heterocycles. The smallest absolute Gasteiger partial charge is 0.317 e. The molecule has 4 nitrogen and oxygen atoms in total. The number of carbonyl (C=O) groups excluding carboxylic acids is 1. The second kappa shape index (κ2) is 5.71. The molecule has 1 saturated carbocycles. The molecule has 0 aromatic rings. The maximum atomic E-state index is 12.1. The second-order valence-electron chi connectivity index (χ2n) is 5.64. The summed E-state index contributed by atoms with van der Waals surface area (Å²) < 4.78 is 0. The van der Waals surface area contributed by atoms with Gasteiger partial charge in [0.2, 0.25) is 0 Å². The zero-order valence-electron chi connectivity index (χ0n) is 11.1. The van der Waals surface area contributed by atoms with Crippen molar-refractivity contribution in [2.45, 2.75) is 50.6 Å². The molecule has 0 bridgehead atoms. The highest BCUT2D eigenvalue weighted by atomic mass is 16.2. The zero-order valence-corrected chi connectivity index (χ0v) is 11.1. The van der Waals surface area contributed by atoms with E-state index in [-0.39, 0.29) is 6.03 Å². The number of hydrogen-bond acceptors (Lipinski definition) is 2. The van der Waals surface area contributed by atoms with Gasteiger partial charge in [-0.1, -0.05) is 12.8 Å². The molecule has 2 aliphatic rings. The SMILES string of the molecule is CN(C)C1CCCN(C(=O)NC2CCCC2)C1. The highest BCUT2D eigenvalue weighted by Crippen LogP contribution is 2.19. The van der Waals surface area contributed by atoms with Crippen molar-refractivity contribution in [1.82, 2.24) is 15.1 Å². The molecule has 1 saturated heterocycles. The van der Waals surface area contributed by atoms with Crippen molar-refractivity contribution in [2.24, 2.45) is 0 Å². The highest BCUT2D eigenvalue weighted by Gasteiger charge is 2.26. The molecule has 2 rings (SSSR count). The minimum Gasteiger partial charge on any atom is -0.335 e. The molecule has 1 atom stereocenters. The van der Waals surface area contributed by atoms with E-state index < -0.39 is 0 Å². The molecule has 1 aliphatic carbocycles. The summed E-state index contributed by atoms with van der Waals surface area (Å²) in [5.74, 6) is 0. The number of likely N-dealkylation sites (tertiary alicyclic amines) is 1. The first-order valence-corrected chi connectivity index (χ1v) is 6.88. The lowest BCUT2D eigenvalue weighted by Crippen LogP contribution is -2.52. The molecule has 98 valence electrons. The van der Waals surface area contributed by atoms with Gasteiger partial charge in [-0.25, -0.2) is 4.79 Å². The van der Waals surface area contributed by atoms with Gasteiger partial charge in [0.15, 0.2) is 0 Å². The lowest BCUT2D eigenvalue weighted by molar-refractivity contribution is 0.138. The predicted octanol–water partition coefficient (Wildman–Crippen LogP) is 1.66. The Hall–Kier alpha value is -0.770. The van der Waals surface area contributed by atoms with Crippen LogP contribution in [0.25, 0.3) is 0 Å². The van der Waals surface area contributed by atoms with Gasteiger partial charge in [0, 0.05) is 25.2 Å². The maximum absolute atomic E-state index is 12.1. The van der Waals surface area contributed by atoms with Gasteiger partial charge in [0.05, 0.1) is 0 Å². The monoisotopic (exact) mass is 239 g/mol. The fraction of sp³-hybridized carbons (Fsp3) is 0.923. The quantitative estimate of drug-likeness (QED) is 0.795. The summed E-state index contributed by atoms with van der Waals surface area (Å²) in [7, 11) is 4.20.